The maximum Gasteiger partial charge on any atom is 1.00 e. The van der Waals surface area contributed by atoms with Gasteiger partial charge in [-0.05, 0) is 25.7 Å². The summed E-state index contributed by atoms with van der Waals surface area (Å²) in [5, 5.41) is 12.1. The van der Waals surface area contributed by atoms with E-state index in [0.29, 0.717) is 24.1 Å². The molecule has 0 saturated heterocycles. The quantitative estimate of drug-likeness (QED) is 0.0375. The van der Waals surface area contributed by atoms with E-state index in [1.165, 1.54) is 77.0 Å². The van der Waals surface area contributed by atoms with Crippen molar-refractivity contribution in [2.45, 2.75) is 123 Å². The largest absolute Gasteiger partial charge is 1.00 e. The zero-order valence-corrected chi connectivity index (χ0v) is 28.6. The van der Waals surface area contributed by atoms with Crippen LogP contribution in [0.2, 0.25) is 0 Å². The summed E-state index contributed by atoms with van der Waals surface area (Å²) >= 11 is 0. The molecule has 0 N–H and O–H groups in total. The number of quaternary nitrogens is 1. The van der Waals surface area contributed by atoms with Crippen LogP contribution in [0.25, 0.3) is 0 Å². The van der Waals surface area contributed by atoms with Crippen LogP contribution in [-0.4, -0.2) is 70.5 Å². The summed E-state index contributed by atoms with van der Waals surface area (Å²) in [6.07, 6.45) is 19.1. The minimum atomic E-state index is -4.42. The molecule has 0 aromatic heterocycles. The Balaban J connectivity index is 0. The van der Waals surface area contributed by atoms with Crippen molar-refractivity contribution >= 4 is 13.7 Å². The number of rotatable bonds is 27. The van der Waals surface area contributed by atoms with E-state index in [-0.39, 0.29) is 55.2 Å². The van der Waals surface area contributed by atoms with Crippen molar-refractivity contribution in [1.82, 2.24) is 0 Å². The van der Waals surface area contributed by atoms with Gasteiger partial charge in [0.05, 0.1) is 34.3 Å². The molecule has 0 rings (SSSR count). The molecule has 0 spiro atoms. The molecular formula is C28H58N2NaO6P. The summed E-state index contributed by atoms with van der Waals surface area (Å²) in [4.78, 5) is 16.0. The summed E-state index contributed by atoms with van der Waals surface area (Å²) in [6, 6.07) is 0. The second-order valence-corrected chi connectivity index (χ2v) is 12.5. The molecule has 0 fully saturated rings. The number of phosphoric ester groups is 1. The molecule has 0 bridgehead atoms. The predicted molar refractivity (Wildman–Crippen MR) is 150 cm³/mol. The number of hydrogen-bond acceptors (Lipinski definition) is 7. The molecule has 0 heterocycles. The van der Waals surface area contributed by atoms with E-state index >= 15 is 0 Å². The number of aliphatic imine (C=N–C) groups is 1. The normalized spacial score (nSPS) is 14.7. The van der Waals surface area contributed by atoms with E-state index < -0.39 is 13.9 Å². The van der Waals surface area contributed by atoms with Gasteiger partial charge < -0.3 is 33.3 Å². The van der Waals surface area contributed by atoms with Crippen LogP contribution in [0, 0.1) is 0 Å². The van der Waals surface area contributed by atoms with Gasteiger partial charge in [-0.3, -0.25) is 4.57 Å². The second-order valence-electron chi connectivity index (χ2n) is 11.1. The van der Waals surface area contributed by atoms with Gasteiger partial charge in [0.2, 0.25) is 0 Å². The Bertz CT molecular complexity index is 604. The van der Waals surface area contributed by atoms with Crippen LogP contribution in [0.5, 0.6) is 0 Å². The van der Waals surface area contributed by atoms with Gasteiger partial charge in [0.15, 0.2) is 0 Å². The SMILES string of the molecule is CCCCCCCCCCCCCCCCCC([O-])=NCC(COP(=O)([O-])OCC[N+](C)(C)C)OCC.[Na+]. The van der Waals surface area contributed by atoms with E-state index in [2.05, 4.69) is 11.9 Å². The number of nitrogens with zero attached hydrogens (tertiary/aromatic N) is 2. The third-order valence-electron chi connectivity index (χ3n) is 6.30. The van der Waals surface area contributed by atoms with Crippen molar-refractivity contribution < 1.29 is 62.4 Å². The molecule has 2 unspecified atom stereocenters. The molecule has 0 aliphatic heterocycles. The van der Waals surface area contributed by atoms with E-state index in [4.69, 9.17) is 13.8 Å². The molecule has 0 amide bonds. The number of likely N-dealkylation sites (N-methyl/N-ethyl adjacent to an activating group) is 1. The van der Waals surface area contributed by atoms with Crippen molar-refractivity contribution in [3.8, 4) is 0 Å². The molecule has 0 saturated carbocycles. The first-order valence-electron chi connectivity index (χ1n) is 14.8. The average molecular weight is 573 g/mol. The van der Waals surface area contributed by atoms with E-state index in [9.17, 15) is 14.6 Å². The van der Waals surface area contributed by atoms with Crippen molar-refractivity contribution in [3.63, 3.8) is 0 Å². The van der Waals surface area contributed by atoms with Crippen molar-refractivity contribution in [2.24, 2.45) is 4.99 Å². The maximum absolute atomic E-state index is 12.1. The molecule has 38 heavy (non-hydrogen) atoms. The molecule has 0 aromatic rings. The molecule has 2 atom stereocenters. The molecule has 8 nitrogen and oxygen atoms in total. The third-order valence-corrected chi connectivity index (χ3v) is 7.26. The van der Waals surface area contributed by atoms with Crippen molar-refractivity contribution in [1.29, 1.82) is 0 Å². The van der Waals surface area contributed by atoms with Gasteiger partial charge in [0.1, 0.15) is 19.3 Å². The van der Waals surface area contributed by atoms with Crippen LogP contribution < -0.4 is 39.6 Å². The van der Waals surface area contributed by atoms with Crippen LogP contribution >= 0.6 is 7.82 Å². The minimum absolute atomic E-state index is 0. The Labute approximate surface area is 256 Å². The Morgan fingerprint density at radius 1 is 0.816 bits per heavy atom. The Kier molecular flexibility index (Phi) is 28.2. The standard InChI is InChI=1S/C28H59N2O6P.Na/c1-6-8-9-10-11-12-13-14-15-16-17-18-19-20-21-22-28(31)29-25-27(34-7-2)26-36-37(32,33)35-24-23-30(3,4)5;/h27H,6-26H2,1-5H3,(H-,29,31,32,33);/q;+1/p-1. The summed E-state index contributed by atoms with van der Waals surface area (Å²) in [7, 11) is 1.43. The molecule has 0 aromatic carbocycles. The van der Waals surface area contributed by atoms with Crippen LogP contribution in [0.4, 0.5) is 0 Å². The summed E-state index contributed by atoms with van der Waals surface area (Å²) in [6.45, 7) is 4.90. The molecule has 0 aliphatic rings. The first-order chi connectivity index (χ1) is 17.6. The predicted octanol–water partition coefficient (Wildman–Crippen LogP) is 2.62. The maximum atomic E-state index is 12.1. The van der Waals surface area contributed by atoms with Crippen LogP contribution in [-0.2, 0) is 18.3 Å². The van der Waals surface area contributed by atoms with Gasteiger partial charge in [0.25, 0.3) is 7.82 Å². The molecule has 222 valence electrons. The smallest absolute Gasteiger partial charge is 0.862 e. The van der Waals surface area contributed by atoms with Gasteiger partial charge in [-0.1, -0.05) is 96.8 Å². The third kappa shape index (κ3) is 29.5. The molecule has 10 heteroatoms. The molecule has 0 aliphatic carbocycles. The molecular weight excluding hydrogens is 514 g/mol. The number of hydrogen-bond donors (Lipinski definition) is 0. The summed E-state index contributed by atoms with van der Waals surface area (Å²) in [5.74, 6) is -0.163. The van der Waals surface area contributed by atoms with E-state index in [1.807, 2.05) is 21.1 Å². The first kappa shape index (κ1) is 40.6. The van der Waals surface area contributed by atoms with Crippen molar-refractivity contribution in [2.75, 3.05) is 54.1 Å². The molecule has 0 radical (unpaired) electrons. The Hall–Kier alpha value is 0.500. The van der Waals surface area contributed by atoms with Gasteiger partial charge >= 0.3 is 29.6 Å². The second kappa shape index (κ2) is 26.4. The van der Waals surface area contributed by atoms with Gasteiger partial charge in [0, 0.05) is 6.61 Å². The minimum Gasteiger partial charge on any atom is -0.862 e. The average Bonchev–Trinajstić information content (AvgIpc) is 2.82. The monoisotopic (exact) mass is 572 g/mol. The fourth-order valence-corrected chi connectivity index (χ4v) is 4.69. The summed E-state index contributed by atoms with van der Waals surface area (Å²) < 4.78 is 27.9. The van der Waals surface area contributed by atoms with E-state index in [0.717, 1.165) is 19.3 Å². The summed E-state index contributed by atoms with van der Waals surface area (Å²) in [5.41, 5.74) is 0. The zero-order chi connectivity index (χ0) is 27.8. The van der Waals surface area contributed by atoms with Crippen molar-refractivity contribution in [3.05, 3.63) is 0 Å². The van der Waals surface area contributed by atoms with Crippen LogP contribution in [0.3, 0.4) is 0 Å². The van der Waals surface area contributed by atoms with Gasteiger partial charge in [-0.15, -0.1) is 0 Å². The van der Waals surface area contributed by atoms with Crippen LogP contribution in [0.1, 0.15) is 117 Å². The topological polar surface area (TPSA) is 103 Å². The van der Waals surface area contributed by atoms with E-state index in [1.54, 1.807) is 6.92 Å². The number of phosphoric acid groups is 1. The fourth-order valence-electron chi connectivity index (χ4n) is 3.96. The van der Waals surface area contributed by atoms with Gasteiger partial charge in [-0.25, -0.2) is 0 Å². The van der Waals surface area contributed by atoms with Crippen LogP contribution in [0.15, 0.2) is 4.99 Å². The first-order valence-corrected chi connectivity index (χ1v) is 16.3. The Morgan fingerprint density at radius 3 is 1.74 bits per heavy atom. The number of ether oxygens (including phenoxy) is 1. The zero-order valence-electron chi connectivity index (χ0n) is 25.7. The number of unbranched alkanes of at least 4 members (excludes halogenated alkanes) is 14. The Morgan fingerprint density at radius 2 is 1.29 bits per heavy atom. The fraction of sp³-hybridized carbons (Fsp3) is 0.964. The van der Waals surface area contributed by atoms with Gasteiger partial charge in [-0.2, -0.15) is 0 Å².